The summed E-state index contributed by atoms with van der Waals surface area (Å²) in [6.07, 6.45) is 1.78. The normalized spacial score (nSPS) is 12.5. The van der Waals surface area contributed by atoms with Gasteiger partial charge in [-0.1, -0.05) is 18.2 Å². The number of hydrogen-bond acceptors (Lipinski definition) is 1. The van der Waals surface area contributed by atoms with E-state index in [2.05, 4.69) is 11.9 Å². The Morgan fingerprint density at radius 3 is 2.42 bits per heavy atom. The summed E-state index contributed by atoms with van der Waals surface area (Å²) in [6.45, 7) is 3.67. The predicted molar refractivity (Wildman–Crippen MR) is 48.4 cm³/mol. The maximum absolute atomic E-state index is 12.5. The molecule has 0 saturated heterocycles. The smallest absolute Gasteiger partial charge is 0.123 e. The van der Waals surface area contributed by atoms with E-state index < -0.39 is 0 Å². The van der Waals surface area contributed by atoms with Gasteiger partial charge in [0.1, 0.15) is 5.82 Å². The minimum Gasteiger partial charge on any atom is -0.310 e. The van der Waals surface area contributed by atoms with Crippen molar-refractivity contribution in [2.75, 3.05) is 7.05 Å². The van der Waals surface area contributed by atoms with Crippen LogP contribution in [0.15, 0.2) is 36.9 Å². The molecule has 0 spiro atoms. The van der Waals surface area contributed by atoms with Crippen LogP contribution in [0.3, 0.4) is 0 Å². The number of benzene rings is 1. The fourth-order valence-corrected chi connectivity index (χ4v) is 1.09. The van der Waals surface area contributed by atoms with Crippen LogP contribution in [0.2, 0.25) is 0 Å². The van der Waals surface area contributed by atoms with Crippen LogP contribution in [0, 0.1) is 5.82 Å². The van der Waals surface area contributed by atoms with Gasteiger partial charge in [-0.15, -0.1) is 6.58 Å². The molecular formula is C10H12FN. The Labute approximate surface area is 71.9 Å². The highest BCUT2D eigenvalue weighted by atomic mass is 19.1. The summed E-state index contributed by atoms with van der Waals surface area (Å²) in [5.74, 6) is -0.210. The van der Waals surface area contributed by atoms with Gasteiger partial charge in [-0.2, -0.15) is 0 Å². The highest BCUT2D eigenvalue weighted by Crippen LogP contribution is 2.13. The van der Waals surface area contributed by atoms with Gasteiger partial charge in [-0.3, -0.25) is 0 Å². The van der Waals surface area contributed by atoms with Crippen molar-refractivity contribution < 1.29 is 4.39 Å². The Kier molecular flexibility index (Phi) is 3.00. The molecule has 1 aromatic rings. The third-order valence-electron chi connectivity index (χ3n) is 1.78. The summed E-state index contributed by atoms with van der Waals surface area (Å²) in [7, 11) is 1.84. The van der Waals surface area contributed by atoms with E-state index in [0.717, 1.165) is 5.56 Å². The van der Waals surface area contributed by atoms with Crippen LogP contribution in [0.4, 0.5) is 4.39 Å². The second kappa shape index (κ2) is 4.02. The summed E-state index contributed by atoms with van der Waals surface area (Å²) < 4.78 is 12.5. The van der Waals surface area contributed by atoms with Crippen LogP contribution in [0.5, 0.6) is 0 Å². The number of halogens is 1. The highest BCUT2D eigenvalue weighted by Gasteiger charge is 2.02. The molecule has 0 bridgehead atoms. The topological polar surface area (TPSA) is 12.0 Å². The second-order valence-electron chi connectivity index (χ2n) is 2.55. The van der Waals surface area contributed by atoms with E-state index in [-0.39, 0.29) is 11.9 Å². The minimum atomic E-state index is -0.210. The molecule has 0 fully saturated rings. The van der Waals surface area contributed by atoms with Crippen molar-refractivity contribution >= 4 is 0 Å². The fourth-order valence-electron chi connectivity index (χ4n) is 1.09. The lowest BCUT2D eigenvalue weighted by molar-refractivity contribution is 0.624. The van der Waals surface area contributed by atoms with Crippen molar-refractivity contribution in [3.63, 3.8) is 0 Å². The maximum Gasteiger partial charge on any atom is 0.123 e. The molecule has 0 aromatic heterocycles. The van der Waals surface area contributed by atoms with Crippen molar-refractivity contribution in [1.82, 2.24) is 5.32 Å². The zero-order valence-corrected chi connectivity index (χ0v) is 7.05. The van der Waals surface area contributed by atoms with Crippen LogP contribution in [-0.4, -0.2) is 7.05 Å². The molecule has 1 aromatic carbocycles. The number of nitrogens with one attached hydrogen (secondary N) is 1. The summed E-state index contributed by atoms with van der Waals surface area (Å²) in [5, 5.41) is 3.05. The van der Waals surface area contributed by atoms with E-state index in [1.165, 1.54) is 12.1 Å². The molecule has 1 atom stereocenters. The van der Waals surface area contributed by atoms with E-state index in [1.807, 2.05) is 7.05 Å². The summed E-state index contributed by atoms with van der Waals surface area (Å²) in [6, 6.07) is 6.49. The monoisotopic (exact) mass is 165 g/mol. The van der Waals surface area contributed by atoms with Gasteiger partial charge >= 0.3 is 0 Å². The molecule has 0 aliphatic carbocycles. The minimum absolute atomic E-state index is 0.102. The van der Waals surface area contributed by atoms with Crippen molar-refractivity contribution in [3.8, 4) is 0 Å². The molecule has 1 unspecified atom stereocenters. The van der Waals surface area contributed by atoms with Gasteiger partial charge < -0.3 is 5.32 Å². The van der Waals surface area contributed by atoms with Crippen LogP contribution in [0.25, 0.3) is 0 Å². The first-order valence-corrected chi connectivity index (χ1v) is 3.83. The van der Waals surface area contributed by atoms with Crippen LogP contribution < -0.4 is 5.32 Å². The third-order valence-corrected chi connectivity index (χ3v) is 1.78. The molecule has 1 N–H and O–H groups in total. The van der Waals surface area contributed by atoms with Crippen LogP contribution in [-0.2, 0) is 0 Å². The SMILES string of the molecule is C=CC(NC)c1ccc(F)cc1. The van der Waals surface area contributed by atoms with Crippen LogP contribution in [0.1, 0.15) is 11.6 Å². The Morgan fingerprint density at radius 1 is 1.42 bits per heavy atom. The van der Waals surface area contributed by atoms with Gasteiger partial charge in [-0.05, 0) is 24.7 Å². The molecule has 12 heavy (non-hydrogen) atoms. The van der Waals surface area contributed by atoms with Crippen molar-refractivity contribution in [2.45, 2.75) is 6.04 Å². The van der Waals surface area contributed by atoms with E-state index in [4.69, 9.17) is 0 Å². The lowest BCUT2D eigenvalue weighted by Crippen LogP contribution is -2.13. The molecule has 0 amide bonds. The average molecular weight is 165 g/mol. The second-order valence-corrected chi connectivity index (χ2v) is 2.55. The summed E-state index contributed by atoms with van der Waals surface area (Å²) >= 11 is 0. The first-order chi connectivity index (χ1) is 5.77. The average Bonchev–Trinajstić information content (AvgIpc) is 2.10. The standard InChI is InChI=1S/C10H12FN/c1-3-10(12-2)8-4-6-9(11)7-5-8/h3-7,10,12H,1H2,2H3. The van der Waals surface area contributed by atoms with Gasteiger partial charge in [0.25, 0.3) is 0 Å². The summed E-state index contributed by atoms with van der Waals surface area (Å²) in [5.41, 5.74) is 1.02. The first-order valence-electron chi connectivity index (χ1n) is 3.83. The van der Waals surface area contributed by atoms with E-state index in [0.29, 0.717) is 0 Å². The van der Waals surface area contributed by atoms with E-state index in [9.17, 15) is 4.39 Å². The van der Waals surface area contributed by atoms with Crippen LogP contribution >= 0.6 is 0 Å². The highest BCUT2D eigenvalue weighted by molar-refractivity contribution is 5.22. The Morgan fingerprint density at radius 2 is 2.00 bits per heavy atom. The van der Waals surface area contributed by atoms with Gasteiger partial charge in [0.05, 0.1) is 6.04 Å². The lowest BCUT2D eigenvalue weighted by Gasteiger charge is -2.10. The molecule has 0 aliphatic rings. The molecule has 0 saturated carbocycles. The summed E-state index contributed by atoms with van der Waals surface area (Å²) in [4.78, 5) is 0. The molecule has 1 rings (SSSR count). The van der Waals surface area contributed by atoms with Gasteiger partial charge in [0.2, 0.25) is 0 Å². The quantitative estimate of drug-likeness (QED) is 0.677. The zero-order valence-electron chi connectivity index (χ0n) is 7.05. The van der Waals surface area contributed by atoms with E-state index >= 15 is 0 Å². The predicted octanol–water partition coefficient (Wildman–Crippen LogP) is 2.27. The molecule has 0 aliphatic heterocycles. The van der Waals surface area contributed by atoms with Crippen molar-refractivity contribution in [2.24, 2.45) is 0 Å². The Bertz CT molecular complexity index is 253. The first kappa shape index (κ1) is 8.94. The molecule has 1 nitrogen and oxygen atoms in total. The Hall–Kier alpha value is -1.15. The fraction of sp³-hybridized carbons (Fsp3) is 0.200. The number of likely N-dealkylation sites (N-methyl/N-ethyl adjacent to an activating group) is 1. The van der Waals surface area contributed by atoms with Gasteiger partial charge in [0, 0.05) is 0 Å². The van der Waals surface area contributed by atoms with Crippen molar-refractivity contribution in [3.05, 3.63) is 48.3 Å². The lowest BCUT2D eigenvalue weighted by atomic mass is 10.1. The maximum atomic E-state index is 12.5. The molecule has 2 heteroatoms. The Balaban J connectivity index is 2.87. The van der Waals surface area contributed by atoms with Gasteiger partial charge in [-0.25, -0.2) is 4.39 Å². The molecular weight excluding hydrogens is 153 g/mol. The van der Waals surface area contributed by atoms with E-state index in [1.54, 1.807) is 18.2 Å². The van der Waals surface area contributed by atoms with Gasteiger partial charge in [0.15, 0.2) is 0 Å². The molecule has 0 heterocycles. The molecule has 64 valence electrons. The number of hydrogen-bond donors (Lipinski definition) is 1. The third kappa shape index (κ3) is 1.92. The largest absolute Gasteiger partial charge is 0.310 e. The molecule has 0 radical (unpaired) electrons. The number of rotatable bonds is 3. The zero-order chi connectivity index (χ0) is 8.97. The van der Waals surface area contributed by atoms with Crippen molar-refractivity contribution in [1.29, 1.82) is 0 Å².